The lowest BCUT2D eigenvalue weighted by Gasteiger charge is -2.23. The highest BCUT2D eigenvalue weighted by molar-refractivity contribution is 5.82. The maximum absolute atomic E-state index is 11.6. The third-order valence-electron chi connectivity index (χ3n) is 2.49. The van der Waals surface area contributed by atoms with Gasteiger partial charge in [-0.15, -0.1) is 0 Å². The van der Waals surface area contributed by atoms with Gasteiger partial charge in [-0.05, 0) is 19.9 Å². The first kappa shape index (κ1) is 13.3. The second-order valence-corrected chi connectivity index (χ2v) is 4.38. The van der Waals surface area contributed by atoms with Gasteiger partial charge in [-0.25, -0.2) is 0 Å². The Hall–Kier alpha value is -1.78. The van der Waals surface area contributed by atoms with Crippen LogP contribution in [0.15, 0.2) is 18.2 Å². The summed E-state index contributed by atoms with van der Waals surface area (Å²) in [6.45, 7) is 4.25. The van der Waals surface area contributed by atoms with Gasteiger partial charge < -0.3 is 15.4 Å². The lowest BCUT2D eigenvalue weighted by atomic mass is 9.92. The van der Waals surface area contributed by atoms with E-state index in [1.54, 1.807) is 20.2 Å². The topological polar surface area (TPSA) is 63.2 Å². The summed E-state index contributed by atoms with van der Waals surface area (Å²) in [6.07, 6.45) is 0. The van der Waals surface area contributed by atoms with Gasteiger partial charge in [0.2, 0.25) is 11.8 Å². The molecule has 0 atom stereocenters. The van der Waals surface area contributed by atoms with E-state index in [9.17, 15) is 4.79 Å². The highest BCUT2D eigenvalue weighted by Crippen LogP contribution is 2.17. The molecule has 0 saturated heterocycles. The van der Waals surface area contributed by atoms with E-state index in [0.29, 0.717) is 18.2 Å². The first-order chi connectivity index (χ1) is 7.99. The highest BCUT2D eigenvalue weighted by Gasteiger charge is 2.26. The fourth-order valence-electron chi connectivity index (χ4n) is 1.36. The molecule has 5 heteroatoms. The van der Waals surface area contributed by atoms with Gasteiger partial charge in [-0.1, -0.05) is 6.07 Å². The predicted octanol–water partition coefficient (Wildman–Crippen LogP) is 1.27. The summed E-state index contributed by atoms with van der Waals surface area (Å²) in [5.74, 6) is 1.24. The standard InChI is InChI=1S/C12H19N3O2/c1-12(2,11(16)13-3)8-14-9-6-5-7-10(15-9)17-4/h5-7H,8H2,1-4H3,(H,13,16)(H,14,15). The lowest BCUT2D eigenvalue weighted by Crippen LogP contribution is -2.39. The zero-order valence-corrected chi connectivity index (χ0v) is 10.7. The summed E-state index contributed by atoms with van der Waals surface area (Å²) < 4.78 is 5.03. The molecule has 1 rings (SSSR count). The van der Waals surface area contributed by atoms with E-state index in [0.717, 1.165) is 0 Å². The van der Waals surface area contributed by atoms with Crippen molar-refractivity contribution in [3.63, 3.8) is 0 Å². The van der Waals surface area contributed by atoms with Crippen molar-refractivity contribution in [2.75, 3.05) is 26.0 Å². The summed E-state index contributed by atoms with van der Waals surface area (Å²) in [7, 11) is 3.20. The van der Waals surface area contributed by atoms with Gasteiger partial charge in [-0.3, -0.25) is 4.79 Å². The molecule has 0 aliphatic rings. The molecule has 1 aromatic rings. The minimum absolute atomic E-state index is 0.00658. The molecular formula is C12H19N3O2. The highest BCUT2D eigenvalue weighted by atomic mass is 16.5. The number of aromatic nitrogens is 1. The van der Waals surface area contributed by atoms with Crippen LogP contribution < -0.4 is 15.4 Å². The number of anilines is 1. The normalized spacial score (nSPS) is 10.8. The van der Waals surface area contributed by atoms with Crippen LogP contribution in [-0.2, 0) is 4.79 Å². The van der Waals surface area contributed by atoms with Crippen molar-refractivity contribution < 1.29 is 9.53 Å². The summed E-state index contributed by atoms with van der Waals surface area (Å²) >= 11 is 0. The third-order valence-corrected chi connectivity index (χ3v) is 2.49. The van der Waals surface area contributed by atoms with Gasteiger partial charge in [0.15, 0.2) is 0 Å². The molecule has 2 N–H and O–H groups in total. The third kappa shape index (κ3) is 3.62. The van der Waals surface area contributed by atoms with Crippen molar-refractivity contribution >= 4 is 11.7 Å². The Bertz CT molecular complexity index is 391. The Morgan fingerprint density at radius 2 is 2.18 bits per heavy atom. The lowest BCUT2D eigenvalue weighted by molar-refractivity contribution is -0.128. The number of carbonyl (C=O) groups excluding carboxylic acids is 1. The van der Waals surface area contributed by atoms with Gasteiger partial charge in [-0.2, -0.15) is 4.98 Å². The van der Waals surface area contributed by atoms with Crippen molar-refractivity contribution in [1.29, 1.82) is 0 Å². The number of nitrogens with one attached hydrogen (secondary N) is 2. The van der Waals surface area contributed by atoms with Crippen LogP contribution in [0.3, 0.4) is 0 Å². The quantitative estimate of drug-likeness (QED) is 0.809. The van der Waals surface area contributed by atoms with Crippen LogP contribution in [0, 0.1) is 5.41 Å². The van der Waals surface area contributed by atoms with Crippen LogP contribution >= 0.6 is 0 Å². The summed E-state index contributed by atoms with van der Waals surface area (Å²) in [5, 5.41) is 5.76. The van der Waals surface area contributed by atoms with Crippen LogP contribution in [0.4, 0.5) is 5.82 Å². The summed E-state index contributed by atoms with van der Waals surface area (Å²) in [6, 6.07) is 5.46. The number of carbonyl (C=O) groups is 1. The van der Waals surface area contributed by atoms with Gasteiger partial charge in [0.05, 0.1) is 12.5 Å². The average Bonchev–Trinajstić information content (AvgIpc) is 2.35. The maximum Gasteiger partial charge on any atom is 0.227 e. The molecule has 0 unspecified atom stereocenters. The van der Waals surface area contributed by atoms with E-state index in [4.69, 9.17) is 4.74 Å². The fraction of sp³-hybridized carbons (Fsp3) is 0.500. The Kier molecular flexibility index (Phi) is 4.31. The smallest absolute Gasteiger partial charge is 0.227 e. The van der Waals surface area contributed by atoms with Crippen molar-refractivity contribution in [1.82, 2.24) is 10.3 Å². The molecule has 1 heterocycles. The van der Waals surface area contributed by atoms with Crippen molar-refractivity contribution in [2.45, 2.75) is 13.8 Å². The number of pyridine rings is 1. The van der Waals surface area contributed by atoms with Crippen molar-refractivity contribution in [2.24, 2.45) is 5.41 Å². The molecule has 0 fully saturated rings. The zero-order chi connectivity index (χ0) is 12.9. The SMILES string of the molecule is CNC(=O)C(C)(C)CNc1cccc(OC)n1. The largest absolute Gasteiger partial charge is 0.481 e. The zero-order valence-electron chi connectivity index (χ0n) is 10.7. The van der Waals surface area contributed by atoms with Crippen LogP contribution in [0.25, 0.3) is 0 Å². The number of methoxy groups -OCH3 is 1. The van der Waals surface area contributed by atoms with E-state index in [-0.39, 0.29) is 5.91 Å². The molecule has 0 spiro atoms. The van der Waals surface area contributed by atoms with Gasteiger partial charge in [0.25, 0.3) is 0 Å². The monoisotopic (exact) mass is 237 g/mol. The van der Waals surface area contributed by atoms with Crippen molar-refractivity contribution in [3.8, 4) is 5.88 Å². The Balaban J connectivity index is 2.63. The number of hydrogen-bond acceptors (Lipinski definition) is 4. The molecule has 0 aliphatic heterocycles. The maximum atomic E-state index is 11.6. The fourth-order valence-corrected chi connectivity index (χ4v) is 1.36. The number of amides is 1. The number of hydrogen-bond donors (Lipinski definition) is 2. The van der Waals surface area contributed by atoms with Gasteiger partial charge in [0, 0.05) is 19.7 Å². The summed E-state index contributed by atoms with van der Waals surface area (Å²) in [4.78, 5) is 15.8. The first-order valence-electron chi connectivity index (χ1n) is 5.46. The minimum atomic E-state index is -0.487. The molecule has 0 radical (unpaired) electrons. The second-order valence-electron chi connectivity index (χ2n) is 4.38. The number of ether oxygens (including phenoxy) is 1. The van der Waals surface area contributed by atoms with E-state index < -0.39 is 5.41 Å². The Morgan fingerprint density at radius 1 is 1.47 bits per heavy atom. The molecule has 0 aliphatic carbocycles. The van der Waals surface area contributed by atoms with Crippen LogP contribution in [0.2, 0.25) is 0 Å². The van der Waals surface area contributed by atoms with Crippen molar-refractivity contribution in [3.05, 3.63) is 18.2 Å². The molecule has 94 valence electrons. The average molecular weight is 237 g/mol. The summed E-state index contributed by atoms with van der Waals surface area (Å²) in [5.41, 5.74) is -0.487. The molecule has 17 heavy (non-hydrogen) atoms. The molecular weight excluding hydrogens is 218 g/mol. The van der Waals surface area contributed by atoms with E-state index >= 15 is 0 Å². The number of nitrogens with zero attached hydrogens (tertiary/aromatic N) is 1. The molecule has 0 bridgehead atoms. The van der Waals surface area contributed by atoms with E-state index in [1.165, 1.54) is 0 Å². The Morgan fingerprint density at radius 3 is 2.76 bits per heavy atom. The second kappa shape index (κ2) is 5.52. The van der Waals surface area contributed by atoms with Gasteiger partial charge >= 0.3 is 0 Å². The molecule has 1 aromatic heterocycles. The predicted molar refractivity (Wildman–Crippen MR) is 67.1 cm³/mol. The van der Waals surface area contributed by atoms with E-state index in [1.807, 2.05) is 26.0 Å². The Labute approximate surface area is 102 Å². The van der Waals surface area contributed by atoms with E-state index in [2.05, 4.69) is 15.6 Å². The van der Waals surface area contributed by atoms with Crippen LogP contribution in [-0.4, -0.2) is 31.6 Å². The molecule has 5 nitrogen and oxygen atoms in total. The minimum Gasteiger partial charge on any atom is -0.481 e. The first-order valence-corrected chi connectivity index (χ1v) is 5.46. The molecule has 0 aromatic carbocycles. The number of rotatable bonds is 5. The molecule has 0 saturated carbocycles. The molecule has 1 amide bonds. The van der Waals surface area contributed by atoms with Crippen LogP contribution in [0.5, 0.6) is 5.88 Å². The van der Waals surface area contributed by atoms with Gasteiger partial charge in [0.1, 0.15) is 5.82 Å². The van der Waals surface area contributed by atoms with Crippen LogP contribution in [0.1, 0.15) is 13.8 Å².